The normalized spacial score (nSPS) is 10.8. The average Bonchev–Trinajstić information content (AvgIpc) is 3.12. The van der Waals surface area contributed by atoms with Gasteiger partial charge in [0.1, 0.15) is 12.1 Å². The summed E-state index contributed by atoms with van der Waals surface area (Å²) in [6.07, 6.45) is 1.26. The van der Waals surface area contributed by atoms with Crippen molar-refractivity contribution in [3.63, 3.8) is 0 Å². The van der Waals surface area contributed by atoms with Gasteiger partial charge in [-0.25, -0.2) is 15.0 Å². The lowest BCUT2D eigenvalue weighted by molar-refractivity contribution is -0.383. The van der Waals surface area contributed by atoms with E-state index < -0.39 is 4.92 Å². The third-order valence-corrected chi connectivity index (χ3v) is 5.39. The summed E-state index contributed by atoms with van der Waals surface area (Å²) < 4.78 is 6.33. The van der Waals surface area contributed by atoms with Crippen LogP contribution in [0, 0.1) is 24.0 Å². The van der Waals surface area contributed by atoms with Crippen LogP contribution in [0.5, 0.6) is 5.75 Å². The molecule has 2 heterocycles. The number of nitro groups is 1. The predicted molar refractivity (Wildman–Crippen MR) is 117 cm³/mol. The molecular formula is C20H18N6O3S. The summed E-state index contributed by atoms with van der Waals surface area (Å²) >= 11 is 1.40. The van der Waals surface area contributed by atoms with Gasteiger partial charge in [-0.15, -0.1) is 0 Å². The summed E-state index contributed by atoms with van der Waals surface area (Å²) in [5.41, 5.74) is 3.14. The smallest absolute Gasteiger partial charge is 0.353 e. The molecule has 30 heavy (non-hydrogen) atoms. The van der Waals surface area contributed by atoms with Crippen molar-refractivity contribution in [3.05, 3.63) is 64.0 Å². The second kappa shape index (κ2) is 7.91. The zero-order chi connectivity index (χ0) is 21.3. The number of rotatable bonds is 6. The van der Waals surface area contributed by atoms with Crippen molar-refractivity contribution in [2.45, 2.75) is 13.8 Å². The summed E-state index contributed by atoms with van der Waals surface area (Å²) in [5, 5.41) is 18.4. The van der Waals surface area contributed by atoms with E-state index in [0.717, 1.165) is 21.3 Å². The number of para-hydroxylation sites is 1. The standard InChI is InChI=1S/C20H18N6O3S/c1-11-7-8-14(29-3)13(9-11)23-18-17(26(27)28)19(22-10-21-18)25-20-24-16-12(2)5-4-6-15(16)30-20/h4-10H,1-3H3,(H2,21,22,23,24,25). The van der Waals surface area contributed by atoms with E-state index in [9.17, 15) is 10.1 Å². The quantitative estimate of drug-likeness (QED) is 0.325. The fourth-order valence-corrected chi connectivity index (χ4v) is 3.97. The number of aryl methyl sites for hydroxylation is 2. The molecule has 0 fully saturated rings. The molecule has 10 heteroatoms. The number of nitrogens with one attached hydrogen (secondary N) is 2. The van der Waals surface area contributed by atoms with Crippen molar-refractivity contribution in [2.75, 3.05) is 17.7 Å². The molecule has 4 rings (SSSR count). The van der Waals surface area contributed by atoms with Crippen molar-refractivity contribution < 1.29 is 9.66 Å². The summed E-state index contributed by atoms with van der Waals surface area (Å²) in [4.78, 5) is 24.1. The number of hydrogen-bond donors (Lipinski definition) is 2. The Morgan fingerprint density at radius 1 is 1.10 bits per heavy atom. The van der Waals surface area contributed by atoms with Crippen molar-refractivity contribution >= 4 is 49.7 Å². The van der Waals surface area contributed by atoms with Crippen molar-refractivity contribution in [3.8, 4) is 5.75 Å². The number of nitrogens with zero attached hydrogens (tertiary/aromatic N) is 4. The molecule has 4 aromatic rings. The largest absolute Gasteiger partial charge is 0.495 e. The van der Waals surface area contributed by atoms with Crippen LogP contribution in [0.4, 0.5) is 28.1 Å². The number of thiazole rings is 1. The predicted octanol–water partition coefficient (Wildman–Crippen LogP) is 5.11. The number of methoxy groups -OCH3 is 1. The lowest BCUT2D eigenvalue weighted by Gasteiger charge is -2.12. The van der Waals surface area contributed by atoms with Gasteiger partial charge < -0.3 is 15.4 Å². The van der Waals surface area contributed by atoms with Gasteiger partial charge in [0.2, 0.25) is 11.6 Å². The molecular weight excluding hydrogens is 404 g/mol. The van der Waals surface area contributed by atoms with Crippen molar-refractivity contribution in [1.82, 2.24) is 15.0 Å². The Hall–Kier alpha value is -3.79. The monoisotopic (exact) mass is 422 g/mol. The van der Waals surface area contributed by atoms with Gasteiger partial charge in [-0.05, 0) is 43.2 Å². The lowest BCUT2D eigenvalue weighted by Crippen LogP contribution is -2.06. The van der Waals surface area contributed by atoms with Gasteiger partial charge in [0.05, 0.1) is 27.9 Å². The third-order valence-electron chi connectivity index (χ3n) is 4.46. The highest BCUT2D eigenvalue weighted by Crippen LogP contribution is 2.37. The Morgan fingerprint density at radius 2 is 1.87 bits per heavy atom. The summed E-state index contributed by atoms with van der Waals surface area (Å²) in [5.74, 6) is 0.657. The van der Waals surface area contributed by atoms with Gasteiger partial charge in [0.15, 0.2) is 5.13 Å². The van der Waals surface area contributed by atoms with Crippen molar-refractivity contribution in [2.24, 2.45) is 0 Å². The van der Waals surface area contributed by atoms with E-state index in [1.165, 1.54) is 24.8 Å². The minimum absolute atomic E-state index is 0.0543. The molecule has 0 amide bonds. The maximum Gasteiger partial charge on any atom is 0.353 e. The SMILES string of the molecule is COc1ccc(C)cc1Nc1ncnc(Nc2nc3c(C)cccc3s2)c1[N+](=O)[O-]. The van der Waals surface area contributed by atoms with Crippen LogP contribution < -0.4 is 15.4 Å². The molecule has 9 nitrogen and oxygen atoms in total. The molecule has 0 bridgehead atoms. The molecule has 0 spiro atoms. The van der Waals surface area contributed by atoms with Crippen LogP contribution in [0.15, 0.2) is 42.7 Å². The van der Waals surface area contributed by atoms with E-state index in [1.807, 2.05) is 44.2 Å². The molecule has 152 valence electrons. The topological polar surface area (TPSA) is 115 Å². The first kappa shape index (κ1) is 19.5. The number of anilines is 4. The summed E-state index contributed by atoms with van der Waals surface area (Å²) in [6.45, 7) is 3.89. The van der Waals surface area contributed by atoms with E-state index in [-0.39, 0.29) is 17.3 Å². The first-order valence-electron chi connectivity index (χ1n) is 9.00. The van der Waals surface area contributed by atoms with Gasteiger partial charge in [0, 0.05) is 0 Å². The molecule has 2 N–H and O–H groups in total. The van der Waals surface area contributed by atoms with Gasteiger partial charge in [-0.2, -0.15) is 0 Å². The van der Waals surface area contributed by atoms with Crippen LogP contribution in [-0.4, -0.2) is 27.0 Å². The lowest BCUT2D eigenvalue weighted by atomic mass is 10.2. The highest BCUT2D eigenvalue weighted by molar-refractivity contribution is 7.22. The highest BCUT2D eigenvalue weighted by Gasteiger charge is 2.25. The van der Waals surface area contributed by atoms with Gasteiger partial charge in [-0.1, -0.05) is 29.5 Å². The Morgan fingerprint density at radius 3 is 2.57 bits per heavy atom. The number of aromatic nitrogens is 3. The maximum absolute atomic E-state index is 11.9. The summed E-state index contributed by atoms with van der Waals surface area (Å²) in [7, 11) is 1.53. The van der Waals surface area contributed by atoms with E-state index >= 15 is 0 Å². The Labute approximate surface area is 175 Å². The molecule has 2 aromatic carbocycles. The Balaban J connectivity index is 1.74. The molecule has 0 aliphatic heterocycles. The van der Waals surface area contributed by atoms with Gasteiger partial charge >= 0.3 is 5.69 Å². The Bertz CT molecular complexity index is 1260. The molecule has 0 saturated heterocycles. The highest BCUT2D eigenvalue weighted by atomic mass is 32.1. The van der Waals surface area contributed by atoms with Crippen LogP contribution in [-0.2, 0) is 0 Å². The fourth-order valence-electron chi connectivity index (χ4n) is 3.02. The van der Waals surface area contributed by atoms with Crippen LogP contribution >= 0.6 is 11.3 Å². The zero-order valence-electron chi connectivity index (χ0n) is 16.5. The number of hydrogen-bond acceptors (Lipinski definition) is 9. The fraction of sp³-hybridized carbons (Fsp3) is 0.150. The minimum atomic E-state index is -0.522. The number of benzene rings is 2. The third kappa shape index (κ3) is 3.72. The zero-order valence-corrected chi connectivity index (χ0v) is 17.3. The summed E-state index contributed by atoms with van der Waals surface area (Å²) in [6, 6.07) is 11.4. The van der Waals surface area contributed by atoms with Crippen LogP contribution in [0.25, 0.3) is 10.2 Å². The van der Waals surface area contributed by atoms with Crippen molar-refractivity contribution in [1.29, 1.82) is 0 Å². The van der Waals surface area contributed by atoms with Gasteiger partial charge in [-0.3, -0.25) is 10.1 Å². The molecule has 2 aromatic heterocycles. The second-order valence-electron chi connectivity index (χ2n) is 6.57. The number of ether oxygens (including phenoxy) is 1. The molecule has 0 aliphatic carbocycles. The van der Waals surface area contributed by atoms with E-state index in [0.29, 0.717) is 16.6 Å². The molecule has 0 radical (unpaired) electrons. The minimum Gasteiger partial charge on any atom is -0.495 e. The Kier molecular flexibility index (Phi) is 5.15. The van der Waals surface area contributed by atoms with Gasteiger partial charge in [0.25, 0.3) is 0 Å². The molecule has 0 saturated carbocycles. The second-order valence-corrected chi connectivity index (χ2v) is 7.60. The van der Waals surface area contributed by atoms with E-state index in [1.54, 1.807) is 6.07 Å². The first-order valence-corrected chi connectivity index (χ1v) is 9.82. The van der Waals surface area contributed by atoms with E-state index in [2.05, 4.69) is 25.6 Å². The van der Waals surface area contributed by atoms with Crippen LogP contribution in [0.3, 0.4) is 0 Å². The average molecular weight is 422 g/mol. The molecule has 0 unspecified atom stereocenters. The first-order chi connectivity index (χ1) is 14.5. The molecule has 0 aliphatic rings. The van der Waals surface area contributed by atoms with Crippen LogP contribution in [0.1, 0.15) is 11.1 Å². The molecule has 0 atom stereocenters. The maximum atomic E-state index is 11.9. The number of fused-ring (bicyclic) bond motifs is 1. The van der Waals surface area contributed by atoms with E-state index in [4.69, 9.17) is 4.74 Å². The van der Waals surface area contributed by atoms with Crippen LogP contribution in [0.2, 0.25) is 0 Å².